The van der Waals surface area contributed by atoms with E-state index < -0.39 is 0 Å². The maximum atomic E-state index is 6.42. The molecule has 4 heteroatoms. The highest BCUT2D eigenvalue weighted by atomic mass is 16.5. The lowest BCUT2D eigenvalue weighted by atomic mass is 9.69. The molecule has 0 radical (unpaired) electrons. The largest absolute Gasteiger partial charge is 0.493 e. The molecule has 114 valence electrons. The Morgan fingerprint density at radius 1 is 1.14 bits per heavy atom. The molecular formula is C17H24NO3+. The molecule has 1 N–H and O–H groups in total. The van der Waals surface area contributed by atoms with Gasteiger partial charge in [0.05, 0.1) is 33.9 Å². The van der Waals surface area contributed by atoms with Crippen LogP contribution in [0, 0.1) is 5.92 Å². The Kier molecular flexibility index (Phi) is 3.12. The number of benzene rings is 1. The third-order valence-electron chi connectivity index (χ3n) is 5.66. The van der Waals surface area contributed by atoms with Crippen molar-refractivity contribution < 1.29 is 19.1 Å². The zero-order valence-electron chi connectivity index (χ0n) is 12.9. The molecule has 1 aromatic carbocycles. The van der Waals surface area contributed by atoms with Crippen molar-refractivity contribution >= 4 is 0 Å². The standard InChI is InChI=1S/C17H23NO3/c1-19-15-9-12-5-8-21-17(14(12)10-16(15)20-2)11-18-6-3-13(17)4-7-18/h9-10,13H,3-8,11H2,1-2H3/p+1/t17-/m0/s1. The summed E-state index contributed by atoms with van der Waals surface area (Å²) < 4.78 is 17.4. The fourth-order valence-corrected chi connectivity index (χ4v) is 4.61. The molecule has 0 amide bonds. The van der Waals surface area contributed by atoms with Gasteiger partial charge in [0.1, 0.15) is 12.1 Å². The van der Waals surface area contributed by atoms with E-state index in [9.17, 15) is 0 Å². The van der Waals surface area contributed by atoms with Crippen LogP contribution in [0.15, 0.2) is 12.1 Å². The summed E-state index contributed by atoms with van der Waals surface area (Å²) in [4.78, 5) is 1.69. The van der Waals surface area contributed by atoms with Crippen molar-refractivity contribution in [1.82, 2.24) is 0 Å². The number of methoxy groups -OCH3 is 2. The highest BCUT2D eigenvalue weighted by molar-refractivity contribution is 5.50. The Morgan fingerprint density at radius 2 is 1.86 bits per heavy atom. The van der Waals surface area contributed by atoms with Crippen molar-refractivity contribution in [3.8, 4) is 11.5 Å². The number of hydrogen-bond donors (Lipinski definition) is 1. The molecule has 0 unspecified atom stereocenters. The van der Waals surface area contributed by atoms with E-state index in [1.807, 2.05) is 0 Å². The molecule has 0 saturated carbocycles. The SMILES string of the molecule is COc1cc2c(cc1OC)[C@@]1(C[NH+]3CCC1CC3)OCC2. The van der Waals surface area contributed by atoms with Gasteiger partial charge < -0.3 is 19.1 Å². The summed E-state index contributed by atoms with van der Waals surface area (Å²) in [6.07, 6.45) is 3.53. The van der Waals surface area contributed by atoms with Crippen molar-refractivity contribution in [3.05, 3.63) is 23.3 Å². The molecule has 1 spiro atoms. The van der Waals surface area contributed by atoms with Crippen molar-refractivity contribution in [2.45, 2.75) is 24.9 Å². The van der Waals surface area contributed by atoms with Crippen LogP contribution < -0.4 is 14.4 Å². The lowest BCUT2D eigenvalue weighted by molar-refractivity contribution is -0.927. The number of ether oxygens (including phenoxy) is 3. The second-order valence-electron chi connectivity index (χ2n) is 6.55. The fourth-order valence-electron chi connectivity index (χ4n) is 4.61. The van der Waals surface area contributed by atoms with Crippen LogP contribution in [0.3, 0.4) is 0 Å². The van der Waals surface area contributed by atoms with E-state index in [2.05, 4.69) is 12.1 Å². The Morgan fingerprint density at radius 3 is 2.48 bits per heavy atom. The molecule has 4 aliphatic rings. The molecule has 4 aliphatic heterocycles. The predicted molar refractivity (Wildman–Crippen MR) is 79.2 cm³/mol. The van der Waals surface area contributed by atoms with Crippen LogP contribution in [0.1, 0.15) is 24.0 Å². The average Bonchev–Trinajstić information content (AvgIpc) is 2.55. The number of fused-ring (bicyclic) bond motifs is 3. The van der Waals surface area contributed by atoms with E-state index in [-0.39, 0.29) is 5.60 Å². The van der Waals surface area contributed by atoms with E-state index in [1.165, 1.54) is 37.1 Å². The third kappa shape index (κ3) is 1.89. The van der Waals surface area contributed by atoms with E-state index in [4.69, 9.17) is 14.2 Å². The van der Waals surface area contributed by atoms with Crippen LogP contribution in [0.5, 0.6) is 11.5 Å². The summed E-state index contributed by atoms with van der Waals surface area (Å²) in [5.41, 5.74) is 2.65. The molecule has 4 nitrogen and oxygen atoms in total. The second-order valence-corrected chi connectivity index (χ2v) is 6.55. The summed E-state index contributed by atoms with van der Waals surface area (Å²) in [6.45, 7) is 4.54. The first-order valence-corrected chi connectivity index (χ1v) is 8.00. The molecule has 1 aromatic rings. The molecule has 2 bridgehead atoms. The monoisotopic (exact) mass is 290 g/mol. The van der Waals surface area contributed by atoms with Crippen LogP contribution >= 0.6 is 0 Å². The lowest BCUT2D eigenvalue weighted by Gasteiger charge is -2.52. The van der Waals surface area contributed by atoms with Gasteiger partial charge in [-0.15, -0.1) is 0 Å². The summed E-state index contributed by atoms with van der Waals surface area (Å²) >= 11 is 0. The van der Waals surface area contributed by atoms with Gasteiger partial charge in [0.2, 0.25) is 0 Å². The number of nitrogens with one attached hydrogen (secondary N) is 1. The first-order chi connectivity index (χ1) is 10.3. The molecule has 3 saturated heterocycles. The minimum absolute atomic E-state index is 0.0844. The zero-order chi connectivity index (χ0) is 14.4. The summed E-state index contributed by atoms with van der Waals surface area (Å²) in [5.74, 6) is 2.32. The molecule has 21 heavy (non-hydrogen) atoms. The van der Waals surface area contributed by atoms with Gasteiger partial charge in [0, 0.05) is 18.8 Å². The first-order valence-electron chi connectivity index (χ1n) is 8.00. The van der Waals surface area contributed by atoms with E-state index in [0.29, 0.717) is 5.92 Å². The molecule has 1 atom stereocenters. The predicted octanol–water partition coefficient (Wildman–Crippen LogP) is 0.780. The van der Waals surface area contributed by atoms with Crippen LogP contribution in [0.4, 0.5) is 0 Å². The van der Waals surface area contributed by atoms with Gasteiger partial charge in [-0.1, -0.05) is 0 Å². The lowest BCUT2D eigenvalue weighted by Crippen LogP contribution is -3.17. The quantitative estimate of drug-likeness (QED) is 0.873. The minimum atomic E-state index is -0.0844. The van der Waals surface area contributed by atoms with Crippen LogP contribution in [0.2, 0.25) is 0 Å². The number of rotatable bonds is 2. The average molecular weight is 290 g/mol. The van der Waals surface area contributed by atoms with Gasteiger partial charge in [0.25, 0.3) is 0 Å². The van der Waals surface area contributed by atoms with Gasteiger partial charge in [-0.2, -0.15) is 0 Å². The number of quaternary nitrogens is 1. The van der Waals surface area contributed by atoms with E-state index in [0.717, 1.165) is 31.1 Å². The Bertz CT molecular complexity index is 551. The van der Waals surface area contributed by atoms with Gasteiger partial charge in [0.15, 0.2) is 11.5 Å². The van der Waals surface area contributed by atoms with Crippen LogP contribution in [-0.4, -0.2) is 40.5 Å². The number of piperidine rings is 3. The maximum Gasteiger partial charge on any atom is 0.161 e. The molecule has 3 fully saturated rings. The topological polar surface area (TPSA) is 32.1 Å². The first kappa shape index (κ1) is 13.4. The summed E-state index contributed by atoms with van der Waals surface area (Å²) in [6, 6.07) is 4.33. The fraction of sp³-hybridized carbons (Fsp3) is 0.647. The third-order valence-corrected chi connectivity index (χ3v) is 5.66. The van der Waals surface area contributed by atoms with Crippen LogP contribution in [0.25, 0.3) is 0 Å². The summed E-state index contributed by atoms with van der Waals surface area (Å²) in [7, 11) is 3.42. The van der Waals surface area contributed by atoms with Gasteiger partial charge in [-0.05, 0) is 29.7 Å². The van der Waals surface area contributed by atoms with Crippen LogP contribution in [-0.2, 0) is 16.8 Å². The Hall–Kier alpha value is -1.26. The molecule has 4 heterocycles. The summed E-state index contributed by atoms with van der Waals surface area (Å²) in [5, 5.41) is 0. The second kappa shape index (κ2) is 4.89. The zero-order valence-corrected chi connectivity index (χ0v) is 12.9. The van der Waals surface area contributed by atoms with Crippen molar-refractivity contribution in [1.29, 1.82) is 0 Å². The van der Waals surface area contributed by atoms with E-state index >= 15 is 0 Å². The normalized spacial score (nSPS) is 33.8. The van der Waals surface area contributed by atoms with Gasteiger partial charge in [-0.3, -0.25) is 0 Å². The molecule has 5 rings (SSSR count). The molecule has 0 aromatic heterocycles. The Balaban J connectivity index is 1.84. The van der Waals surface area contributed by atoms with E-state index in [1.54, 1.807) is 19.1 Å². The molecule has 0 aliphatic carbocycles. The highest BCUT2D eigenvalue weighted by Gasteiger charge is 2.54. The Labute approximate surface area is 126 Å². The van der Waals surface area contributed by atoms with Crippen molar-refractivity contribution in [3.63, 3.8) is 0 Å². The van der Waals surface area contributed by atoms with Gasteiger partial charge >= 0.3 is 0 Å². The molecular weight excluding hydrogens is 266 g/mol. The van der Waals surface area contributed by atoms with Crippen molar-refractivity contribution in [2.75, 3.05) is 40.5 Å². The van der Waals surface area contributed by atoms with Crippen molar-refractivity contribution in [2.24, 2.45) is 5.92 Å². The van der Waals surface area contributed by atoms with Gasteiger partial charge in [-0.25, -0.2) is 0 Å². The smallest absolute Gasteiger partial charge is 0.161 e. The number of hydrogen-bond acceptors (Lipinski definition) is 3. The highest BCUT2D eigenvalue weighted by Crippen LogP contribution is 2.46. The maximum absolute atomic E-state index is 6.42. The minimum Gasteiger partial charge on any atom is -0.493 e.